The second-order valence-corrected chi connectivity index (χ2v) is 4.91. The third kappa shape index (κ3) is 4.57. The molecule has 1 aromatic heterocycles. The zero-order valence-corrected chi connectivity index (χ0v) is 13.4. The lowest BCUT2D eigenvalue weighted by Crippen LogP contribution is -2.03. The van der Waals surface area contributed by atoms with Gasteiger partial charge in [-0.25, -0.2) is 9.66 Å². The minimum atomic E-state index is -0.340. The molecule has 122 valence electrons. The van der Waals surface area contributed by atoms with Gasteiger partial charge in [-0.15, -0.1) is 0 Å². The average molecular weight is 316 g/mol. The first-order valence-corrected chi connectivity index (χ1v) is 7.24. The highest BCUT2D eigenvalue weighted by Crippen LogP contribution is 2.21. The van der Waals surface area contributed by atoms with E-state index >= 15 is 0 Å². The molecule has 7 heteroatoms. The molecule has 0 unspecified atom stereocenters. The molecule has 0 bridgehead atoms. The van der Waals surface area contributed by atoms with E-state index in [1.54, 1.807) is 12.4 Å². The summed E-state index contributed by atoms with van der Waals surface area (Å²) in [5.41, 5.74) is 8.15. The fraction of sp³-hybridized carbons (Fsp3) is 0.312. The van der Waals surface area contributed by atoms with Crippen molar-refractivity contribution >= 4 is 18.1 Å². The highest BCUT2D eigenvalue weighted by Gasteiger charge is 2.07. The molecule has 0 atom stereocenters. The van der Waals surface area contributed by atoms with Gasteiger partial charge in [0.1, 0.15) is 12.4 Å². The van der Waals surface area contributed by atoms with Crippen LogP contribution in [0, 0.1) is 6.92 Å². The summed E-state index contributed by atoms with van der Waals surface area (Å²) < 4.78 is 12.1. The summed E-state index contributed by atoms with van der Waals surface area (Å²) in [5.74, 6) is 0.668. The van der Waals surface area contributed by atoms with E-state index in [1.807, 2.05) is 32.0 Å². The Morgan fingerprint density at radius 2 is 2.26 bits per heavy atom. The number of nitrogen functional groups attached to an aromatic ring is 1. The largest absolute Gasteiger partial charge is 0.493 e. The van der Waals surface area contributed by atoms with E-state index < -0.39 is 0 Å². The molecule has 2 N–H and O–H groups in total. The molecule has 2 rings (SSSR count). The van der Waals surface area contributed by atoms with Crippen molar-refractivity contribution in [3.05, 3.63) is 41.2 Å². The molecule has 0 spiro atoms. The third-order valence-electron chi connectivity index (χ3n) is 2.98. The number of carbonyl (C=O) groups is 1. The van der Waals surface area contributed by atoms with Gasteiger partial charge in [-0.3, -0.25) is 4.79 Å². The molecule has 7 nitrogen and oxygen atoms in total. The zero-order chi connectivity index (χ0) is 16.8. The molecule has 0 saturated carbocycles. The van der Waals surface area contributed by atoms with Crippen LogP contribution in [0.2, 0.25) is 0 Å². The maximum atomic E-state index is 11.0. The molecular weight excluding hydrogens is 296 g/mol. The van der Waals surface area contributed by atoms with Crippen LogP contribution in [-0.4, -0.2) is 28.5 Å². The Hall–Kier alpha value is -2.83. The van der Waals surface area contributed by atoms with E-state index in [4.69, 9.17) is 15.2 Å². The van der Waals surface area contributed by atoms with E-state index in [1.165, 1.54) is 11.6 Å². The number of carbonyl (C=O) groups excluding carboxylic acids is 1. The van der Waals surface area contributed by atoms with Crippen molar-refractivity contribution in [2.75, 3.05) is 12.3 Å². The number of ether oxygens (including phenoxy) is 2. The molecule has 0 aliphatic rings. The fourth-order valence-electron chi connectivity index (χ4n) is 1.99. The molecule has 0 aliphatic carbocycles. The summed E-state index contributed by atoms with van der Waals surface area (Å²) in [6, 6.07) is 5.55. The smallest absolute Gasteiger partial charge is 0.302 e. The topological polar surface area (TPSA) is 91.7 Å². The van der Waals surface area contributed by atoms with Crippen molar-refractivity contribution in [1.82, 2.24) is 9.66 Å². The quantitative estimate of drug-likeness (QED) is 0.651. The first kappa shape index (κ1) is 16.5. The number of imidazole rings is 1. The molecular formula is C16H20N4O3. The number of esters is 1. The van der Waals surface area contributed by atoms with Crippen LogP contribution in [0.4, 0.5) is 5.95 Å². The van der Waals surface area contributed by atoms with Gasteiger partial charge in [-0.2, -0.15) is 5.10 Å². The van der Waals surface area contributed by atoms with Crippen LogP contribution in [0.1, 0.15) is 30.7 Å². The van der Waals surface area contributed by atoms with Gasteiger partial charge in [-0.05, 0) is 37.6 Å². The first-order chi connectivity index (χ1) is 11.0. The summed E-state index contributed by atoms with van der Waals surface area (Å²) in [6.07, 6.45) is 3.39. The Morgan fingerprint density at radius 1 is 1.48 bits per heavy atom. The van der Waals surface area contributed by atoms with Crippen molar-refractivity contribution in [2.24, 2.45) is 5.10 Å². The summed E-state index contributed by atoms with van der Waals surface area (Å²) in [6.45, 7) is 5.80. The molecule has 23 heavy (non-hydrogen) atoms. The lowest BCUT2D eigenvalue weighted by molar-refractivity contribution is -0.142. The Bertz CT molecular complexity index is 722. The van der Waals surface area contributed by atoms with E-state index in [-0.39, 0.29) is 12.6 Å². The highest BCUT2D eigenvalue weighted by molar-refractivity contribution is 5.80. The molecule has 0 aliphatic heterocycles. The summed E-state index contributed by atoms with van der Waals surface area (Å²) in [4.78, 5) is 15.1. The molecule has 1 aromatic carbocycles. The second kappa shape index (κ2) is 7.44. The number of nitrogens with zero attached hydrogens (tertiary/aromatic N) is 3. The van der Waals surface area contributed by atoms with Crippen LogP contribution in [0.15, 0.2) is 29.5 Å². The van der Waals surface area contributed by atoms with Crippen LogP contribution in [0.5, 0.6) is 5.75 Å². The maximum absolute atomic E-state index is 11.0. The fourth-order valence-corrected chi connectivity index (χ4v) is 1.99. The van der Waals surface area contributed by atoms with Gasteiger partial charge < -0.3 is 15.2 Å². The van der Waals surface area contributed by atoms with Crippen LogP contribution in [-0.2, 0) is 16.1 Å². The van der Waals surface area contributed by atoms with Crippen LogP contribution < -0.4 is 10.5 Å². The van der Waals surface area contributed by atoms with E-state index in [2.05, 4.69) is 10.1 Å². The minimum Gasteiger partial charge on any atom is -0.493 e. The minimum absolute atomic E-state index is 0.151. The van der Waals surface area contributed by atoms with Gasteiger partial charge in [0.2, 0.25) is 5.95 Å². The molecule has 0 fully saturated rings. The average Bonchev–Trinajstić information content (AvgIpc) is 2.82. The number of hydrogen-bond acceptors (Lipinski definition) is 6. The van der Waals surface area contributed by atoms with E-state index in [9.17, 15) is 4.79 Å². The predicted octanol–water partition coefficient (Wildman–Crippen LogP) is 2.12. The third-order valence-corrected chi connectivity index (χ3v) is 2.98. The Kier molecular flexibility index (Phi) is 5.35. The number of benzene rings is 1. The molecule has 0 radical (unpaired) electrons. The number of aryl methyl sites for hydroxylation is 1. The summed E-state index contributed by atoms with van der Waals surface area (Å²) in [7, 11) is 0. The van der Waals surface area contributed by atoms with Crippen LogP contribution >= 0.6 is 0 Å². The van der Waals surface area contributed by atoms with Crippen molar-refractivity contribution in [1.29, 1.82) is 0 Å². The van der Waals surface area contributed by atoms with E-state index in [0.29, 0.717) is 18.3 Å². The number of aromatic nitrogens is 2. The van der Waals surface area contributed by atoms with Crippen LogP contribution in [0.25, 0.3) is 0 Å². The lowest BCUT2D eigenvalue weighted by Gasteiger charge is -2.11. The van der Waals surface area contributed by atoms with Gasteiger partial charge in [0.05, 0.1) is 24.7 Å². The number of rotatable bonds is 6. The molecule has 2 aromatic rings. The Balaban J connectivity index is 2.23. The standard InChI is InChI=1S/C16H20N4O3/c1-4-22-15-6-5-13(7-14(15)10-23-12(3)21)8-18-20-9-11(2)19-16(20)17/h5-9H,4,10H2,1-3H3,(H2,17,19). The second-order valence-electron chi connectivity index (χ2n) is 4.91. The van der Waals surface area contributed by atoms with Gasteiger partial charge in [0, 0.05) is 12.5 Å². The Morgan fingerprint density at radius 3 is 2.87 bits per heavy atom. The highest BCUT2D eigenvalue weighted by atomic mass is 16.5. The zero-order valence-electron chi connectivity index (χ0n) is 13.4. The lowest BCUT2D eigenvalue weighted by atomic mass is 10.1. The van der Waals surface area contributed by atoms with Crippen molar-refractivity contribution in [3.8, 4) is 5.75 Å². The molecule has 1 heterocycles. The maximum Gasteiger partial charge on any atom is 0.302 e. The van der Waals surface area contributed by atoms with Crippen molar-refractivity contribution < 1.29 is 14.3 Å². The van der Waals surface area contributed by atoms with Gasteiger partial charge in [-0.1, -0.05) is 0 Å². The van der Waals surface area contributed by atoms with Crippen molar-refractivity contribution in [2.45, 2.75) is 27.4 Å². The predicted molar refractivity (Wildman–Crippen MR) is 87.4 cm³/mol. The first-order valence-electron chi connectivity index (χ1n) is 7.24. The van der Waals surface area contributed by atoms with Gasteiger partial charge >= 0.3 is 5.97 Å². The summed E-state index contributed by atoms with van der Waals surface area (Å²) in [5, 5.41) is 4.26. The molecule has 0 saturated heterocycles. The Labute approximate surface area is 134 Å². The van der Waals surface area contributed by atoms with Crippen molar-refractivity contribution in [3.63, 3.8) is 0 Å². The number of anilines is 1. The van der Waals surface area contributed by atoms with Crippen LogP contribution in [0.3, 0.4) is 0 Å². The molecule has 0 amide bonds. The number of nitrogens with two attached hydrogens (primary N) is 1. The number of hydrogen-bond donors (Lipinski definition) is 1. The van der Waals surface area contributed by atoms with Gasteiger partial charge in [0.25, 0.3) is 0 Å². The van der Waals surface area contributed by atoms with Gasteiger partial charge in [0.15, 0.2) is 0 Å². The SMILES string of the molecule is CCOc1ccc(C=Nn2cc(C)nc2N)cc1COC(C)=O. The monoisotopic (exact) mass is 316 g/mol. The normalized spacial score (nSPS) is 10.9. The van der Waals surface area contributed by atoms with E-state index in [0.717, 1.165) is 16.8 Å². The summed E-state index contributed by atoms with van der Waals surface area (Å²) >= 11 is 0.